The molecule has 2 aliphatic rings. The van der Waals surface area contributed by atoms with Crippen LogP contribution < -0.4 is 5.32 Å². The van der Waals surface area contributed by atoms with Crippen LogP contribution in [0.15, 0.2) is 0 Å². The van der Waals surface area contributed by atoms with Gasteiger partial charge in [0, 0.05) is 13.1 Å². The third-order valence-electron chi connectivity index (χ3n) is 3.07. The first-order valence-corrected chi connectivity index (χ1v) is 5.89. The summed E-state index contributed by atoms with van der Waals surface area (Å²) < 4.78 is 11.4. The van der Waals surface area contributed by atoms with Crippen LogP contribution in [0.4, 0.5) is 0 Å². The van der Waals surface area contributed by atoms with Crippen molar-refractivity contribution < 1.29 is 9.47 Å². The predicted octanol–water partition coefficient (Wildman–Crippen LogP) is 1.32. The van der Waals surface area contributed by atoms with Gasteiger partial charge in [-0.05, 0) is 12.8 Å². The second-order valence-electron chi connectivity index (χ2n) is 4.29. The molecule has 0 spiro atoms. The van der Waals surface area contributed by atoms with Crippen molar-refractivity contribution in [3.05, 3.63) is 0 Å². The van der Waals surface area contributed by atoms with Crippen LogP contribution in [0.1, 0.15) is 32.1 Å². The van der Waals surface area contributed by atoms with E-state index >= 15 is 0 Å². The van der Waals surface area contributed by atoms with E-state index in [9.17, 15) is 0 Å². The molecule has 0 aromatic carbocycles. The minimum absolute atomic E-state index is 0.283. The third kappa shape index (κ3) is 3.23. The van der Waals surface area contributed by atoms with Crippen LogP contribution in [-0.4, -0.2) is 38.5 Å². The molecule has 1 unspecified atom stereocenters. The van der Waals surface area contributed by atoms with Gasteiger partial charge in [0.1, 0.15) is 0 Å². The molecule has 82 valence electrons. The van der Waals surface area contributed by atoms with Gasteiger partial charge < -0.3 is 14.8 Å². The number of rotatable bonds is 3. The zero-order chi connectivity index (χ0) is 9.64. The fraction of sp³-hybridized carbons (Fsp3) is 1.00. The highest BCUT2D eigenvalue weighted by atomic mass is 16.5. The molecule has 2 fully saturated rings. The van der Waals surface area contributed by atoms with Gasteiger partial charge in [0.15, 0.2) is 0 Å². The molecule has 3 heteroatoms. The quantitative estimate of drug-likeness (QED) is 0.743. The van der Waals surface area contributed by atoms with Crippen LogP contribution in [0, 0.1) is 0 Å². The van der Waals surface area contributed by atoms with Crippen molar-refractivity contribution in [1.82, 2.24) is 5.32 Å². The van der Waals surface area contributed by atoms with Crippen LogP contribution in [-0.2, 0) is 9.47 Å². The number of nitrogens with one attached hydrogen (secondary N) is 1. The third-order valence-corrected chi connectivity index (χ3v) is 3.07. The molecule has 0 bridgehead atoms. The van der Waals surface area contributed by atoms with Crippen molar-refractivity contribution in [1.29, 1.82) is 0 Å². The zero-order valence-electron chi connectivity index (χ0n) is 8.84. The first-order chi connectivity index (χ1) is 6.95. The fourth-order valence-electron chi connectivity index (χ4n) is 2.20. The fourth-order valence-corrected chi connectivity index (χ4v) is 2.20. The molecule has 1 heterocycles. The monoisotopic (exact) mass is 199 g/mol. The Balaban J connectivity index is 1.60. The predicted molar refractivity (Wildman–Crippen MR) is 55.4 cm³/mol. The summed E-state index contributed by atoms with van der Waals surface area (Å²) in [5, 5.41) is 3.32. The molecule has 3 nitrogen and oxygen atoms in total. The van der Waals surface area contributed by atoms with E-state index in [0.717, 1.165) is 26.3 Å². The lowest BCUT2D eigenvalue weighted by molar-refractivity contribution is -0.0629. The summed E-state index contributed by atoms with van der Waals surface area (Å²) in [5.74, 6) is 0. The molecule has 1 saturated carbocycles. The first-order valence-electron chi connectivity index (χ1n) is 5.89. The van der Waals surface area contributed by atoms with Crippen molar-refractivity contribution in [3.63, 3.8) is 0 Å². The van der Waals surface area contributed by atoms with Crippen LogP contribution in [0.3, 0.4) is 0 Å². The Hall–Kier alpha value is -0.120. The minimum Gasteiger partial charge on any atom is -0.375 e. The Kier molecular flexibility index (Phi) is 4.22. The molecular weight excluding hydrogens is 178 g/mol. The Morgan fingerprint density at radius 2 is 2.07 bits per heavy atom. The highest BCUT2D eigenvalue weighted by Gasteiger charge is 2.18. The summed E-state index contributed by atoms with van der Waals surface area (Å²) in [6, 6.07) is 0. The van der Waals surface area contributed by atoms with Crippen LogP contribution in [0.5, 0.6) is 0 Å². The molecule has 1 aliphatic heterocycles. The molecule has 1 aliphatic carbocycles. The lowest BCUT2D eigenvalue weighted by Crippen LogP contribution is -2.41. The van der Waals surface area contributed by atoms with E-state index < -0.39 is 0 Å². The smallest absolute Gasteiger partial charge is 0.0933 e. The second kappa shape index (κ2) is 5.69. The average Bonchev–Trinajstić information content (AvgIpc) is 2.29. The molecule has 1 N–H and O–H groups in total. The Morgan fingerprint density at radius 3 is 2.79 bits per heavy atom. The largest absolute Gasteiger partial charge is 0.375 e. The van der Waals surface area contributed by atoms with Gasteiger partial charge in [-0.2, -0.15) is 0 Å². The van der Waals surface area contributed by atoms with Gasteiger partial charge in [-0.25, -0.2) is 0 Å². The van der Waals surface area contributed by atoms with Gasteiger partial charge in [0.05, 0.1) is 25.4 Å². The van der Waals surface area contributed by atoms with Crippen molar-refractivity contribution in [2.24, 2.45) is 0 Å². The number of morpholine rings is 1. The molecule has 1 atom stereocenters. The van der Waals surface area contributed by atoms with E-state index in [1.54, 1.807) is 0 Å². The lowest BCUT2D eigenvalue weighted by atomic mass is 9.98. The van der Waals surface area contributed by atoms with Gasteiger partial charge in [0.2, 0.25) is 0 Å². The number of hydrogen-bond donors (Lipinski definition) is 1. The van der Waals surface area contributed by atoms with Gasteiger partial charge in [-0.1, -0.05) is 19.3 Å². The van der Waals surface area contributed by atoms with Crippen molar-refractivity contribution >= 4 is 0 Å². The molecular formula is C11H21NO2. The lowest BCUT2D eigenvalue weighted by Gasteiger charge is -2.27. The summed E-state index contributed by atoms with van der Waals surface area (Å²) in [6.07, 6.45) is 7.37. The maximum absolute atomic E-state index is 5.86. The topological polar surface area (TPSA) is 30.5 Å². The van der Waals surface area contributed by atoms with E-state index in [4.69, 9.17) is 9.47 Å². The maximum atomic E-state index is 5.86. The van der Waals surface area contributed by atoms with Crippen molar-refractivity contribution in [3.8, 4) is 0 Å². The minimum atomic E-state index is 0.283. The van der Waals surface area contributed by atoms with E-state index in [1.165, 1.54) is 32.1 Å². The van der Waals surface area contributed by atoms with Crippen molar-refractivity contribution in [2.75, 3.05) is 26.3 Å². The highest BCUT2D eigenvalue weighted by molar-refractivity contribution is 4.69. The maximum Gasteiger partial charge on any atom is 0.0933 e. The van der Waals surface area contributed by atoms with Gasteiger partial charge in [-0.15, -0.1) is 0 Å². The first kappa shape index (κ1) is 10.4. The second-order valence-corrected chi connectivity index (χ2v) is 4.29. The molecule has 14 heavy (non-hydrogen) atoms. The van der Waals surface area contributed by atoms with E-state index in [2.05, 4.69) is 5.32 Å². The molecule has 1 saturated heterocycles. The van der Waals surface area contributed by atoms with Crippen LogP contribution in [0.2, 0.25) is 0 Å². The zero-order valence-corrected chi connectivity index (χ0v) is 8.84. The van der Waals surface area contributed by atoms with Crippen LogP contribution in [0.25, 0.3) is 0 Å². The molecule has 0 radical (unpaired) electrons. The van der Waals surface area contributed by atoms with Crippen LogP contribution >= 0.6 is 0 Å². The van der Waals surface area contributed by atoms with Crippen molar-refractivity contribution in [2.45, 2.75) is 44.3 Å². The average molecular weight is 199 g/mol. The normalized spacial score (nSPS) is 30.4. The Labute approximate surface area is 86.2 Å². The van der Waals surface area contributed by atoms with E-state index in [0.29, 0.717) is 6.10 Å². The Morgan fingerprint density at radius 1 is 1.21 bits per heavy atom. The van der Waals surface area contributed by atoms with Gasteiger partial charge >= 0.3 is 0 Å². The summed E-state index contributed by atoms with van der Waals surface area (Å²) >= 11 is 0. The molecule has 0 amide bonds. The SMILES string of the molecule is C1CCC(OCC2CNCCO2)CC1. The van der Waals surface area contributed by atoms with Gasteiger partial charge in [0.25, 0.3) is 0 Å². The summed E-state index contributed by atoms with van der Waals surface area (Å²) in [5.41, 5.74) is 0. The number of hydrogen-bond acceptors (Lipinski definition) is 3. The highest BCUT2D eigenvalue weighted by Crippen LogP contribution is 2.20. The molecule has 0 aromatic rings. The van der Waals surface area contributed by atoms with E-state index in [1.807, 2.05) is 0 Å². The summed E-state index contributed by atoms with van der Waals surface area (Å²) in [6.45, 7) is 3.54. The van der Waals surface area contributed by atoms with Gasteiger partial charge in [-0.3, -0.25) is 0 Å². The standard InChI is InChI=1S/C11H21NO2/c1-2-4-10(5-3-1)14-9-11-8-12-6-7-13-11/h10-12H,1-9H2. The molecule has 0 aromatic heterocycles. The molecule has 2 rings (SSSR count). The summed E-state index contributed by atoms with van der Waals surface area (Å²) in [7, 11) is 0. The Bertz CT molecular complexity index is 133. The number of ether oxygens (including phenoxy) is 2. The summed E-state index contributed by atoms with van der Waals surface area (Å²) in [4.78, 5) is 0. The van der Waals surface area contributed by atoms with E-state index in [-0.39, 0.29) is 6.10 Å².